The van der Waals surface area contributed by atoms with Gasteiger partial charge in [-0.05, 0) is 88.0 Å². The Morgan fingerprint density at radius 1 is 1.13 bits per heavy atom. The number of nitrogens with one attached hydrogen (secondary N) is 1. The summed E-state index contributed by atoms with van der Waals surface area (Å²) in [6.45, 7) is 15.7. The van der Waals surface area contributed by atoms with Crippen molar-refractivity contribution >= 4 is 11.8 Å². The molecular weight excluding hydrogens is 372 g/mol. The number of carbonyl (C=O) groups is 2. The zero-order valence-corrected chi connectivity index (χ0v) is 20.3. The van der Waals surface area contributed by atoms with Crippen molar-refractivity contribution in [1.29, 1.82) is 0 Å². The number of carbonyl (C=O) groups excluding carboxylic acids is 2. The average molecular weight is 415 g/mol. The van der Waals surface area contributed by atoms with E-state index in [1.165, 1.54) is 0 Å². The fourth-order valence-corrected chi connectivity index (χ4v) is 8.18. The third kappa shape index (κ3) is 2.84. The molecule has 3 saturated carbocycles. The first kappa shape index (κ1) is 21.9. The highest BCUT2D eigenvalue weighted by atomic mass is 16.2. The zero-order chi connectivity index (χ0) is 22.3. The van der Waals surface area contributed by atoms with E-state index in [1.807, 2.05) is 18.0 Å². The molecule has 0 aromatic heterocycles. The van der Waals surface area contributed by atoms with Crippen molar-refractivity contribution in [1.82, 2.24) is 10.2 Å². The van der Waals surface area contributed by atoms with Gasteiger partial charge in [0.25, 0.3) is 0 Å². The lowest BCUT2D eigenvalue weighted by molar-refractivity contribution is -0.157. The predicted molar refractivity (Wildman–Crippen MR) is 121 cm³/mol. The first-order valence-corrected chi connectivity index (χ1v) is 12.0. The van der Waals surface area contributed by atoms with Crippen LogP contribution in [-0.4, -0.2) is 35.3 Å². The second-order valence-electron chi connectivity index (χ2n) is 12.7. The van der Waals surface area contributed by atoms with Gasteiger partial charge in [0.2, 0.25) is 11.8 Å². The van der Waals surface area contributed by atoms with Crippen LogP contribution in [0.4, 0.5) is 0 Å². The molecule has 1 heterocycles. The van der Waals surface area contributed by atoms with Crippen LogP contribution in [0.15, 0.2) is 12.2 Å². The number of hydrogen-bond acceptors (Lipinski definition) is 2. The Morgan fingerprint density at radius 2 is 1.77 bits per heavy atom. The highest BCUT2D eigenvalue weighted by Gasteiger charge is 2.66. The molecule has 3 fully saturated rings. The largest absolute Gasteiger partial charge is 0.351 e. The van der Waals surface area contributed by atoms with Crippen molar-refractivity contribution in [3.63, 3.8) is 0 Å². The van der Waals surface area contributed by atoms with Crippen LogP contribution in [0.3, 0.4) is 0 Å². The summed E-state index contributed by atoms with van der Waals surface area (Å²) in [5, 5.41) is 3.31. The van der Waals surface area contributed by atoms with Gasteiger partial charge in [0.1, 0.15) is 0 Å². The highest BCUT2D eigenvalue weighted by Crippen LogP contribution is 2.70. The smallest absolute Gasteiger partial charge is 0.246 e. The molecule has 0 saturated heterocycles. The van der Waals surface area contributed by atoms with Gasteiger partial charge in [-0.2, -0.15) is 0 Å². The van der Waals surface area contributed by atoms with Gasteiger partial charge in [0, 0.05) is 24.0 Å². The second kappa shape index (κ2) is 6.59. The van der Waals surface area contributed by atoms with E-state index in [0.717, 1.165) is 32.1 Å². The molecule has 0 spiro atoms. The molecule has 2 amide bonds. The van der Waals surface area contributed by atoms with E-state index >= 15 is 0 Å². The van der Waals surface area contributed by atoms with Crippen molar-refractivity contribution in [3.8, 4) is 0 Å². The Morgan fingerprint density at radius 3 is 2.40 bits per heavy atom. The Labute approximate surface area is 183 Å². The van der Waals surface area contributed by atoms with Crippen LogP contribution in [-0.2, 0) is 9.59 Å². The molecule has 4 aliphatic rings. The third-order valence-corrected chi connectivity index (χ3v) is 10.1. The fraction of sp³-hybridized carbons (Fsp3) is 0.846. The maximum atomic E-state index is 13.5. The maximum absolute atomic E-state index is 13.5. The summed E-state index contributed by atoms with van der Waals surface area (Å²) in [5.41, 5.74) is -0.411. The van der Waals surface area contributed by atoms with Crippen molar-refractivity contribution < 1.29 is 9.59 Å². The van der Waals surface area contributed by atoms with Gasteiger partial charge < -0.3 is 10.2 Å². The summed E-state index contributed by atoms with van der Waals surface area (Å²) < 4.78 is 0. The van der Waals surface area contributed by atoms with Gasteiger partial charge in [-0.1, -0.05) is 33.8 Å². The molecule has 8 atom stereocenters. The lowest BCUT2D eigenvalue weighted by atomic mass is 9.44. The van der Waals surface area contributed by atoms with Crippen LogP contribution in [0.1, 0.15) is 80.6 Å². The monoisotopic (exact) mass is 414 g/mol. The van der Waals surface area contributed by atoms with Crippen molar-refractivity contribution in [2.24, 2.45) is 39.9 Å². The van der Waals surface area contributed by atoms with Crippen LogP contribution in [0.2, 0.25) is 0 Å². The van der Waals surface area contributed by atoms with Crippen molar-refractivity contribution in [2.45, 2.75) is 92.2 Å². The standard InChI is InChI=1S/C26H42N2O2/c1-16-15-19-24(5,12-11-20(29)28(19)8)17-9-13-25(6)18(21(16)17)10-14-26(25,7)22(30)27-23(2,3)4/h11-12,16-19,21H,9-10,13-15H2,1-8H3,(H,27,30)/t16?,17?,18?,19-,21?,24-,25+,26-/m1/s1. The number of amides is 2. The molecule has 0 aromatic rings. The van der Waals surface area contributed by atoms with E-state index in [1.54, 1.807) is 0 Å². The molecule has 4 rings (SSSR count). The van der Waals surface area contributed by atoms with Crippen LogP contribution in [0.5, 0.6) is 0 Å². The Balaban J connectivity index is 1.68. The normalized spacial score (nSPS) is 48.1. The van der Waals surface area contributed by atoms with Gasteiger partial charge in [0.15, 0.2) is 0 Å². The van der Waals surface area contributed by atoms with Crippen molar-refractivity contribution in [3.05, 3.63) is 12.2 Å². The van der Waals surface area contributed by atoms with Gasteiger partial charge in [-0.25, -0.2) is 0 Å². The van der Waals surface area contributed by atoms with Crippen LogP contribution in [0, 0.1) is 39.9 Å². The maximum Gasteiger partial charge on any atom is 0.246 e. The quantitative estimate of drug-likeness (QED) is 0.670. The fourth-order valence-electron chi connectivity index (χ4n) is 8.18. The topological polar surface area (TPSA) is 49.4 Å². The first-order chi connectivity index (χ1) is 13.7. The van der Waals surface area contributed by atoms with E-state index in [2.05, 4.69) is 59.9 Å². The first-order valence-electron chi connectivity index (χ1n) is 12.0. The molecule has 0 radical (unpaired) electrons. The van der Waals surface area contributed by atoms with E-state index in [4.69, 9.17) is 0 Å². The summed E-state index contributed by atoms with van der Waals surface area (Å²) >= 11 is 0. The minimum Gasteiger partial charge on any atom is -0.351 e. The summed E-state index contributed by atoms with van der Waals surface area (Å²) in [6, 6.07) is 0.299. The lowest BCUT2D eigenvalue weighted by Gasteiger charge is -2.63. The van der Waals surface area contributed by atoms with Gasteiger partial charge in [0.05, 0.1) is 5.41 Å². The molecule has 1 N–H and O–H groups in total. The van der Waals surface area contributed by atoms with Crippen LogP contribution >= 0.6 is 0 Å². The Hall–Kier alpha value is -1.32. The minimum absolute atomic E-state index is 0.0427. The molecular formula is C26H42N2O2. The van der Waals surface area contributed by atoms with Crippen molar-refractivity contribution in [2.75, 3.05) is 7.05 Å². The molecule has 4 nitrogen and oxygen atoms in total. The molecule has 30 heavy (non-hydrogen) atoms. The lowest BCUT2D eigenvalue weighted by Crippen LogP contribution is -2.63. The molecule has 3 aliphatic carbocycles. The molecule has 4 heteroatoms. The van der Waals surface area contributed by atoms with Gasteiger partial charge in [-0.3, -0.25) is 9.59 Å². The summed E-state index contributed by atoms with van der Waals surface area (Å²) in [7, 11) is 1.98. The average Bonchev–Trinajstić information content (AvgIpc) is 2.92. The van der Waals surface area contributed by atoms with E-state index in [-0.39, 0.29) is 33.6 Å². The molecule has 0 aromatic carbocycles. The molecule has 1 aliphatic heterocycles. The summed E-state index contributed by atoms with van der Waals surface area (Å²) in [4.78, 5) is 27.8. The predicted octanol–water partition coefficient (Wildman–Crippen LogP) is 4.79. The van der Waals surface area contributed by atoms with E-state index < -0.39 is 0 Å². The Bertz CT molecular complexity index is 782. The molecule has 4 unspecified atom stereocenters. The van der Waals surface area contributed by atoms with Crippen LogP contribution in [0.25, 0.3) is 0 Å². The SMILES string of the molecule is CC1C[C@H]2N(C)C(=O)C=C[C@]2(C)C2CC[C@@]3(C)C(CC[C@]3(C)C(=O)NC(C)(C)C)C12. The molecule has 0 bridgehead atoms. The number of fused-ring (bicyclic) bond motifs is 5. The zero-order valence-electron chi connectivity index (χ0n) is 20.3. The Kier molecular flexibility index (Phi) is 4.81. The minimum atomic E-state index is -0.303. The van der Waals surface area contributed by atoms with Gasteiger partial charge >= 0.3 is 0 Å². The van der Waals surface area contributed by atoms with E-state index in [0.29, 0.717) is 29.7 Å². The number of likely N-dealkylation sites (N-methyl/N-ethyl adjacent to an activating group) is 1. The highest BCUT2D eigenvalue weighted by molar-refractivity contribution is 5.89. The van der Waals surface area contributed by atoms with E-state index in [9.17, 15) is 9.59 Å². The van der Waals surface area contributed by atoms with Gasteiger partial charge in [-0.15, -0.1) is 0 Å². The summed E-state index contributed by atoms with van der Waals surface area (Å²) in [6.07, 6.45) is 9.52. The van der Waals surface area contributed by atoms with Crippen LogP contribution < -0.4 is 5.32 Å². The second-order valence-corrected chi connectivity index (χ2v) is 12.7. The molecule has 168 valence electrons. The number of rotatable bonds is 1. The number of nitrogens with zero attached hydrogens (tertiary/aromatic N) is 1. The number of hydrogen-bond donors (Lipinski definition) is 1. The third-order valence-electron chi connectivity index (χ3n) is 10.1. The summed E-state index contributed by atoms with van der Waals surface area (Å²) in [5.74, 6) is 2.76.